The van der Waals surface area contributed by atoms with Crippen molar-refractivity contribution in [2.75, 3.05) is 10.6 Å². The lowest BCUT2D eigenvalue weighted by Gasteiger charge is -2.15. The highest BCUT2D eigenvalue weighted by molar-refractivity contribution is 6.09. The molecule has 0 spiro atoms. The van der Waals surface area contributed by atoms with Gasteiger partial charge >= 0.3 is 6.18 Å². The van der Waals surface area contributed by atoms with Gasteiger partial charge in [-0.1, -0.05) is 12.1 Å². The van der Waals surface area contributed by atoms with Crippen LogP contribution in [-0.2, 0) is 16.4 Å². The van der Waals surface area contributed by atoms with Crippen molar-refractivity contribution in [2.24, 2.45) is 0 Å². The first-order valence-corrected chi connectivity index (χ1v) is 7.53. The Bertz CT molecular complexity index is 873. The first kappa shape index (κ1) is 17.0. The molecule has 1 aliphatic heterocycles. The van der Waals surface area contributed by atoms with E-state index in [1.54, 1.807) is 26.0 Å². The fourth-order valence-corrected chi connectivity index (χ4v) is 2.71. The van der Waals surface area contributed by atoms with Crippen molar-refractivity contribution < 1.29 is 22.8 Å². The Balaban J connectivity index is 1.84. The third-order valence-electron chi connectivity index (χ3n) is 4.22. The molecule has 0 atom stereocenters. The zero-order valence-corrected chi connectivity index (χ0v) is 13.5. The quantitative estimate of drug-likeness (QED) is 0.855. The average molecular weight is 348 g/mol. The molecule has 0 bridgehead atoms. The summed E-state index contributed by atoms with van der Waals surface area (Å²) < 4.78 is 38.2. The van der Waals surface area contributed by atoms with Crippen LogP contribution in [0.4, 0.5) is 24.5 Å². The molecule has 0 aromatic heterocycles. The van der Waals surface area contributed by atoms with Gasteiger partial charge in [-0.3, -0.25) is 9.59 Å². The van der Waals surface area contributed by atoms with Gasteiger partial charge in [0.1, 0.15) is 0 Å². The zero-order chi connectivity index (χ0) is 18.4. The van der Waals surface area contributed by atoms with E-state index < -0.39 is 23.1 Å². The van der Waals surface area contributed by atoms with Gasteiger partial charge in [0, 0.05) is 16.9 Å². The first-order chi connectivity index (χ1) is 11.6. The lowest BCUT2D eigenvalue weighted by molar-refractivity contribution is -0.137. The van der Waals surface area contributed by atoms with Crippen molar-refractivity contribution in [3.8, 4) is 0 Å². The Kier molecular flexibility index (Phi) is 3.82. The van der Waals surface area contributed by atoms with E-state index in [1.807, 2.05) is 0 Å². The highest BCUT2D eigenvalue weighted by Crippen LogP contribution is 2.37. The number of hydrogen-bond acceptors (Lipinski definition) is 2. The van der Waals surface area contributed by atoms with E-state index in [0.29, 0.717) is 5.69 Å². The molecular weight excluding hydrogens is 333 g/mol. The molecule has 4 nitrogen and oxygen atoms in total. The molecule has 1 heterocycles. The maximum Gasteiger partial charge on any atom is 0.416 e. The van der Waals surface area contributed by atoms with Crippen LogP contribution >= 0.6 is 0 Å². The molecule has 0 saturated carbocycles. The van der Waals surface area contributed by atoms with Gasteiger partial charge in [0.15, 0.2) is 0 Å². The highest BCUT2D eigenvalue weighted by atomic mass is 19.4. The molecular formula is C18H15F3N2O2. The van der Waals surface area contributed by atoms with Gasteiger partial charge in [-0.2, -0.15) is 13.2 Å². The summed E-state index contributed by atoms with van der Waals surface area (Å²) in [6.07, 6.45) is -4.48. The van der Waals surface area contributed by atoms with Crippen LogP contribution in [0.5, 0.6) is 0 Å². The summed E-state index contributed by atoms with van der Waals surface area (Å²) >= 11 is 0. The Morgan fingerprint density at radius 1 is 1.12 bits per heavy atom. The van der Waals surface area contributed by atoms with Gasteiger partial charge in [-0.05, 0) is 49.7 Å². The van der Waals surface area contributed by atoms with Gasteiger partial charge < -0.3 is 10.6 Å². The van der Waals surface area contributed by atoms with Gasteiger partial charge in [0.2, 0.25) is 5.91 Å². The molecule has 0 unspecified atom stereocenters. The summed E-state index contributed by atoms with van der Waals surface area (Å²) in [4.78, 5) is 24.3. The molecule has 0 fully saturated rings. The molecule has 0 saturated heterocycles. The molecule has 2 N–H and O–H groups in total. The normalized spacial score (nSPS) is 15.5. The predicted molar refractivity (Wildman–Crippen MR) is 87.5 cm³/mol. The minimum Gasteiger partial charge on any atom is -0.325 e. The van der Waals surface area contributed by atoms with E-state index in [9.17, 15) is 22.8 Å². The number of alkyl halides is 3. The molecule has 7 heteroatoms. The van der Waals surface area contributed by atoms with Crippen LogP contribution in [-0.4, -0.2) is 11.8 Å². The number of anilines is 2. The van der Waals surface area contributed by atoms with Crippen molar-refractivity contribution in [1.82, 2.24) is 0 Å². The molecule has 2 aromatic carbocycles. The van der Waals surface area contributed by atoms with Gasteiger partial charge in [0.25, 0.3) is 5.91 Å². The number of fused-ring (bicyclic) bond motifs is 1. The summed E-state index contributed by atoms with van der Waals surface area (Å²) in [7, 11) is 0. The number of rotatable bonds is 2. The number of benzene rings is 2. The molecule has 0 aliphatic carbocycles. The van der Waals surface area contributed by atoms with Crippen LogP contribution in [0, 0.1) is 0 Å². The van der Waals surface area contributed by atoms with Crippen LogP contribution in [0.2, 0.25) is 0 Å². The van der Waals surface area contributed by atoms with Crippen molar-refractivity contribution >= 4 is 23.2 Å². The van der Waals surface area contributed by atoms with Gasteiger partial charge in [0.05, 0.1) is 11.0 Å². The second-order valence-corrected chi connectivity index (χ2v) is 6.37. The summed E-state index contributed by atoms with van der Waals surface area (Å²) in [5, 5.41) is 5.15. The summed E-state index contributed by atoms with van der Waals surface area (Å²) in [6, 6.07) is 9.15. The fourth-order valence-electron chi connectivity index (χ4n) is 2.71. The largest absolute Gasteiger partial charge is 0.416 e. The standard InChI is InChI=1S/C18H15F3N2O2/c1-17(2)13-7-6-10(8-14(13)23-16(17)25)15(24)22-12-5-3-4-11(9-12)18(19,20)21/h3-9H,1-2H3,(H,22,24)(H,23,25). The minimum absolute atomic E-state index is 0.0460. The fraction of sp³-hybridized carbons (Fsp3) is 0.222. The maximum absolute atomic E-state index is 12.7. The number of carbonyl (C=O) groups is 2. The van der Waals surface area contributed by atoms with E-state index in [2.05, 4.69) is 10.6 Å². The third kappa shape index (κ3) is 3.09. The molecule has 2 amide bonds. The number of hydrogen-bond donors (Lipinski definition) is 2. The number of carbonyl (C=O) groups excluding carboxylic acids is 2. The lowest BCUT2D eigenvalue weighted by Crippen LogP contribution is -2.26. The van der Waals surface area contributed by atoms with E-state index in [4.69, 9.17) is 0 Å². The molecule has 2 aromatic rings. The second-order valence-electron chi connectivity index (χ2n) is 6.37. The highest BCUT2D eigenvalue weighted by Gasteiger charge is 2.38. The average Bonchev–Trinajstić information content (AvgIpc) is 2.76. The van der Waals surface area contributed by atoms with Gasteiger partial charge in [-0.15, -0.1) is 0 Å². The number of halogens is 3. The van der Waals surface area contributed by atoms with E-state index in [0.717, 1.165) is 17.7 Å². The van der Waals surface area contributed by atoms with Gasteiger partial charge in [-0.25, -0.2) is 0 Å². The van der Waals surface area contributed by atoms with Crippen molar-refractivity contribution in [3.05, 3.63) is 59.2 Å². The summed E-state index contributed by atoms with van der Waals surface area (Å²) in [5.41, 5.74) is 0.0673. The molecule has 130 valence electrons. The SMILES string of the molecule is CC1(C)C(=O)Nc2cc(C(=O)Nc3cccc(C(F)(F)F)c3)ccc21. The van der Waals surface area contributed by atoms with Crippen molar-refractivity contribution in [2.45, 2.75) is 25.4 Å². The van der Waals surface area contributed by atoms with Crippen LogP contribution in [0.1, 0.15) is 35.3 Å². The molecule has 25 heavy (non-hydrogen) atoms. The lowest BCUT2D eigenvalue weighted by atomic mass is 9.86. The van der Waals surface area contributed by atoms with E-state index in [1.165, 1.54) is 18.2 Å². The summed E-state index contributed by atoms with van der Waals surface area (Å²) in [5.74, 6) is -0.723. The Morgan fingerprint density at radius 3 is 2.52 bits per heavy atom. The zero-order valence-electron chi connectivity index (χ0n) is 13.5. The van der Waals surface area contributed by atoms with E-state index in [-0.39, 0.29) is 17.2 Å². The smallest absolute Gasteiger partial charge is 0.325 e. The monoisotopic (exact) mass is 348 g/mol. The summed E-state index contributed by atoms with van der Waals surface area (Å²) in [6.45, 7) is 3.55. The molecule has 1 aliphatic rings. The number of nitrogens with one attached hydrogen (secondary N) is 2. The van der Waals surface area contributed by atoms with Crippen LogP contribution in [0.25, 0.3) is 0 Å². The molecule has 0 radical (unpaired) electrons. The first-order valence-electron chi connectivity index (χ1n) is 7.53. The predicted octanol–water partition coefficient (Wildman–Crippen LogP) is 4.19. The maximum atomic E-state index is 12.7. The molecule has 3 rings (SSSR count). The number of amides is 2. The Hall–Kier alpha value is -2.83. The van der Waals surface area contributed by atoms with E-state index >= 15 is 0 Å². The Morgan fingerprint density at radius 2 is 1.84 bits per heavy atom. The third-order valence-corrected chi connectivity index (χ3v) is 4.22. The van der Waals surface area contributed by atoms with Crippen LogP contribution in [0.15, 0.2) is 42.5 Å². The van der Waals surface area contributed by atoms with Crippen molar-refractivity contribution in [3.63, 3.8) is 0 Å². The minimum atomic E-state index is -4.48. The van der Waals surface area contributed by atoms with Crippen molar-refractivity contribution in [1.29, 1.82) is 0 Å². The van der Waals surface area contributed by atoms with Crippen LogP contribution < -0.4 is 10.6 Å². The Labute approximate surface area is 142 Å². The van der Waals surface area contributed by atoms with Crippen LogP contribution in [0.3, 0.4) is 0 Å². The topological polar surface area (TPSA) is 58.2 Å². The second kappa shape index (κ2) is 5.61.